The van der Waals surface area contributed by atoms with Crippen LogP contribution < -0.4 is 0 Å². The van der Waals surface area contributed by atoms with Crippen molar-refractivity contribution in [2.45, 2.75) is 39.2 Å². The molecule has 2 nitrogen and oxygen atoms in total. The van der Waals surface area contributed by atoms with Crippen molar-refractivity contribution >= 4 is 17.3 Å². The fourth-order valence-electron chi connectivity index (χ4n) is 3.04. The Morgan fingerprint density at radius 1 is 0.889 bits per heavy atom. The molecule has 0 saturated heterocycles. The molecule has 0 N–H and O–H groups in total. The average molecular weight is 379 g/mol. The van der Waals surface area contributed by atoms with E-state index in [4.69, 9.17) is 4.74 Å². The lowest BCUT2D eigenvalue weighted by atomic mass is 9.94. The molecule has 140 valence electrons. The van der Waals surface area contributed by atoms with Crippen molar-refractivity contribution < 1.29 is 9.53 Å². The Kier molecular flexibility index (Phi) is 6.12. The van der Waals surface area contributed by atoms with Gasteiger partial charge >= 0.3 is 5.97 Å². The predicted octanol–water partition coefficient (Wildman–Crippen LogP) is 6.16. The molecule has 0 aliphatic heterocycles. The molecule has 1 heterocycles. The molecule has 0 unspecified atom stereocenters. The summed E-state index contributed by atoms with van der Waals surface area (Å²) in [5.74, 6) is -0.298. The van der Waals surface area contributed by atoms with E-state index in [-0.39, 0.29) is 11.9 Å². The van der Waals surface area contributed by atoms with E-state index in [1.54, 1.807) is 11.3 Å². The number of carbonyl (C=O) groups is 1. The summed E-state index contributed by atoms with van der Waals surface area (Å²) in [5.41, 5.74) is 3.07. The molecule has 0 fully saturated rings. The molecule has 1 aromatic heterocycles. The molecule has 3 aromatic rings. The van der Waals surface area contributed by atoms with Gasteiger partial charge in [-0.1, -0.05) is 60.7 Å². The minimum absolute atomic E-state index is 0.122. The fourth-order valence-corrected chi connectivity index (χ4v) is 3.83. The molecule has 0 bridgehead atoms. The molecule has 2 aromatic carbocycles. The van der Waals surface area contributed by atoms with E-state index >= 15 is 0 Å². The van der Waals surface area contributed by atoms with Crippen molar-refractivity contribution in [3.8, 4) is 11.1 Å². The summed E-state index contributed by atoms with van der Waals surface area (Å²) in [5, 5.41) is 2.05. The second-order valence-corrected chi connectivity index (χ2v) is 8.81. The number of hydrogen-bond acceptors (Lipinski definition) is 3. The molecule has 0 aliphatic carbocycles. The Labute approximate surface area is 165 Å². The van der Waals surface area contributed by atoms with Gasteiger partial charge in [0.25, 0.3) is 0 Å². The molecule has 0 spiro atoms. The minimum Gasteiger partial charge on any atom is -0.460 e. The van der Waals surface area contributed by atoms with Gasteiger partial charge < -0.3 is 4.74 Å². The van der Waals surface area contributed by atoms with Crippen LogP contribution in [0.25, 0.3) is 11.1 Å². The van der Waals surface area contributed by atoms with Gasteiger partial charge in [0, 0.05) is 4.88 Å². The first-order valence-electron chi connectivity index (χ1n) is 9.30. The van der Waals surface area contributed by atoms with Crippen molar-refractivity contribution in [2.75, 3.05) is 0 Å². The van der Waals surface area contributed by atoms with Crippen LogP contribution >= 0.6 is 11.3 Å². The monoisotopic (exact) mass is 378 g/mol. The zero-order valence-corrected chi connectivity index (χ0v) is 17.0. The smallest absolute Gasteiger partial charge is 0.310 e. The van der Waals surface area contributed by atoms with Gasteiger partial charge in [-0.05, 0) is 61.7 Å². The largest absolute Gasteiger partial charge is 0.460 e. The van der Waals surface area contributed by atoms with Gasteiger partial charge in [0.05, 0.1) is 5.92 Å². The van der Waals surface area contributed by atoms with E-state index in [0.717, 1.165) is 5.56 Å². The van der Waals surface area contributed by atoms with Crippen LogP contribution in [0.2, 0.25) is 0 Å². The third-order valence-electron chi connectivity index (χ3n) is 4.31. The molecule has 0 saturated carbocycles. The molecule has 0 radical (unpaired) electrons. The maximum atomic E-state index is 12.8. The summed E-state index contributed by atoms with van der Waals surface area (Å²) in [6.07, 6.45) is 1.40. The lowest BCUT2D eigenvalue weighted by molar-refractivity contribution is -0.159. The Bertz CT molecular complexity index is 844. The van der Waals surface area contributed by atoms with Gasteiger partial charge in [-0.3, -0.25) is 4.79 Å². The van der Waals surface area contributed by atoms with E-state index < -0.39 is 5.60 Å². The first-order valence-corrected chi connectivity index (χ1v) is 10.2. The first kappa shape index (κ1) is 19.4. The van der Waals surface area contributed by atoms with Gasteiger partial charge in [-0.2, -0.15) is 0 Å². The zero-order chi connectivity index (χ0) is 19.3. The Hall–Kier alpha value is -2.39. The molecular formula is C24H26O2S. The average Bonchev–Trinajstić information content (AvgIpc) is 3.14. The quantitative estimate of drug-likeness (QED) is 0.480. The summed E-state index contributed by atoms with van der Waals surface area (Å²) in [6, 6.07) is 22.9. The van der Waals surface area contributed by atoms with Crippen LogP contribution in [0.1, 0.15) is 31.2 Å². The second kappa shape index (κ2) is 8.53. The van der Waals surface area contributed by atoms with E-state index in [9.17, 15) is 4.79 Å². The van der Waals surface area contributed by atoms with Crippen LogP contribution in [-0.2, 0) is 22.4 Å². The third kappa shape index (κ3) is 5.80. The lowest BCUT2D eigenvalue weighted by Gasteiger charge is -2.24. The number of ether oxygens (including phenoxy) is 1. The SMILES string of the molecule is CC(C)(C)OC(=O)[C@@H](Cc1ccc(-c2ccccc2)cc1)Cc1cccs1. The topological polar surface area (TPSA) is 26.3 Å². The van der Waals surface area contributed by atoms with Crippen LogP contribution in [0.5, 0.6) is 0 Å². The van der Waals surface area contributed by atoms with Crippen LogP contribution in [0.4, 0.5) is 0 Å². The highest BCUT2D eigenvalue weighted by atomic mass is 32.1. The summed E-state index contributed by atoms with van der Waals surface area (Å²) in [6.45, 7) is 5.76. The number of rotatable bonds is 6. The Morgan fingerprint density at radius 3 is 2.15 bits per heavy atom. The number of esters is 1. The maximum Gasteiger partial charge on any atom is 0.310 e. The van der Waals surface area contributed by atoms with Gasteiger partial charge in [-0.15, -0.1) is 11.3 Å². The van der Waals surface area contributed by atoms with Crippen LogP contribution in [-0.4, -0.2) is 11.6 Å². The van der Waals surface area contributed by atoms with Gasteiger partial charge in [-0.25, -0.2) is 0 Å². The number of thiophene rings is 1. The Balaban J connectivity index is 1.75. The highest BCUT2D eigenvalue weighted by Gasteiger charge is 2.26. The van der Waals surface area contributed by atoms with Crippen molar-refractivity contribution in [3.05, 3.63) is 82.6 Å². The highest BCUT2D eigenvalue weighted by molar-refractivity contribution is 7.09. The van der Waals surface area contributed by atoms with Gasteiger partial charge in [0.2, 0.25) is 0 Å². The summed E-state index contributed by atoms with van der Waals surface area (Å²) in [7, 11) is 0. The van der Waals surface area contributed by atoms with Crippen LogP contribution in [0.15, 0.2) is 72.1 Å². The van der Waals surface area contributed by atoms with Crippen molar-refractivity contribution in [1.82, 2.24) is 0 Å². The number of hydrogen-bond donors (Lipinski definition) is 0. The fraction of sp³-hybridized carbons (Fsp3) is 0.292. The molecule has 3 rings (SSSR count). The highest BCUT2D eigenvalue weighted by Crippen LogP contribution is 2.24. The minimum atomic E-state index is -0.470. The number of benzene rings is 2. The van der Waals surface area contributed by atoms with Gasteiger partial charge in [0.1, 0.15) is 5.60 Å². The van der Waals surface area contributed by atoms with Gasteiger partial charge in [0.15, 0.2) is 0 Å². The first-order chi connectivity index (χ1) is 12.9. The van der Waals surface area contributed by atoms with Crippen molar-refractivity contribution in [1.29, 1.82) is 0 Å². The van der Waals surface area contributed by atoms with E-state index in [1.807, 2.05) is 45.0 Å². The maximum absolute atomic E-state index is 12.8. The lowest BCUT2D eigenvalue weighted by Crippen LogP contribution is -2.30. The molecular weight excluding hydrogens is 352 g/mol. The van der Waals surface area contributed by atoms with Crippen LogP contribution in [0, 0.1) is 5.92 Å². The molecule has 1 atom stereocenters. The molecule has 0 amide bonds. The Morgan fingerprint density at radius 2 is 1.56 bits per heavy atom. The molecule has 27 heavy (non-hydrogen) atoms. The summed E-state index contributed by atoms with van der Waals surface area (Å²) < 4.78 is 5.68. The number of carbonyl (C=O) groups excluding carboxylic acids is 1. The molecule has 0 aliphatic rings. The zero-order valence-electron chi connectivity index (χ0n) is 16.1. The summed E-state index contributed by atoms with van der Waals surface area (Å²) in [4.78, 5) is 14.0. The van der Waals surface area contributed by atoms with Crippen LogP contribution in [0.3, 0.4) is 0 Å². The summed E-state index contributed by atoms with van der Waals surface area (Å²) >= 11 is 1.69. The van der Waals surface area contributed by atoms with Crippen molar-refractivity contribution in [3.63, 3.8) is 0 Å². The molecule has 3 heteroatoms. The normalized spacial score (nSPS) is 12.6. The van der Waals surface area contributed by atoms with E-state index in [1.165, 1.54) is 16.0 Å². The van der Waals surface area contributed by atoms with E-state index in [2.05, 4.69) is 47.8 Å². The van der Waals surface area contributed by atoms with Crippen molar-refractivity contribution in [2.24, 2.45) is 5.92 Å². The van der Waals surface area contributed by atoms with E-state index in [0.29, 0.717) is 12.8 Å². The second-order valence-electron chi connectivity index (χ2n) is 7.78. The standard InChI is InChI=1S/C24H26O2S/c1-24(2,3)26-23(25)21(17-22-10-7-15-27-22)16-18-11-13-20(14-12-18)19-8-5-4-6-9-19/h4-15,21H,16-17H2,1-3H3/t21-/m0/s1. The predicted molar refractivity (Wildman–Crippen MR) is 113 cm³/mol. The third-order valence-corrected chi connectivity index (χ3v) is 5.21.